The molecule has 114 valence electrons. The number of hydrogen-bond acceptors (Lipinski definition) is 6. The van der Waals surface area contributed by atoms with Crippen molar-refractivity contribution in [3.05, 3.63) is 15.8 Å². The topological polar surface area (TPSA) is 110 Å². The van der Waals surface area contributed by atoms with Crippen LogP contribution in [0, 0.1) is 17.0 Å². The van der Waals surface area contributed by atoms with E-state index in [1.807, 2.05) is 0 Å². The van der Waals surface area contributed by atoms with Gasteiger partial charge in [0.2, 0.25) is 11.7 Å². The van der Waals surface area contributed by atoms with Crippen LogP contribution in [0.2, 0.25) is 0 Å². The summed E-state index contributed by atoms with van der Waals surface area (Å²) >= 11 is 0. The number of carbonyl (C=O) groups is 2. The number of anilines is 1. The first-order valence-corrected chi connectivity index (χ1v) is 6.65. The number of likely N-dealkylation sites (tertiary alicyclic amines) is 1. The number of hydrogen-bond donors (Lipinski definition) is 1. The summed E-state index contributed by atoms with van der Waals surface area (Å²) in [7, 11) is 1.41. The number of imide groups is 1. The smallest absolute Gasteiger partial charge is 0.333 e. The molecule has 1 aromatic rings. The number of likely N-dealkylation sites (N-methyl/N-ethyl adjacent to an activating group) is 1. The van der Waals surface area contributed by atoms with Gasteiger partial charge >= 0.3 is 5.69 Å². The lowest BCUT2D eigenvalue weighted by molar-refractivity contribution is -0.384. The molecule has 2 amide bonds. The fourth-order valence-electron chi connectivity index (χ4n) is 2.38. The molecule has 1 atom stereocenters. The summed E-state index contributed by atoms with van der Waals surface area (Å²) in [5, 5.41) is 18.2. The van der Waals surface area contributed by atoms with Crippen molar-refractivity contribution in [2.24, 2.45) is 0 Å². The zero-order chi connectivity index (χ0) is 15.7. The van der Waals surface area contributed by atoms with Gasteiger partial charge in [-0.25, -0.2) is 4.68 Å². The van der Waals surface area contributed by atoms with E-state index in [1.54, 1.807) is 13.8 Å². The average Bonchev–Trinajstić information content (AvgIpc) is 2.75. The van der Waals surface area contributed by atoms with Crippen molar-refractivity contribution in [2.45, 2.75) is 39.3 Å². The molecule has 21 heavy (non-hydrogen) atoms. The minimum absolute atomic E-state index is 0.135. The van der Waals surface area contributed by atoms with Crippen LogP contribution in [0.25, 0.3) is 0 Å². The van der Waals surface area contributed by atoms with Crippen LogP contribution in [0.15, 0.2) is 0 Å². The number of aromatic nitrogens is 2. The van der Waals surface area contributed by atoms with E-state index in [1.165, 1.54) is 11.7 Å². The van der Waals surface area contributed by atoms with Gasteiger partial charge in [-0.2, -0.15) is 5.10 Å². The minimum atomic E-state index is -0.659. The SMILES string of the molecule is CCn1nc(C)c([N+](=O)[O-])c1NC1CCC(=O)N(C)C1=O. The van der Waals surface area contributed by atoms with Gasteiger partial charge in [-0.1, -0.05) is 0 Å². The van der Waals surface area contributed by atoms with Crippen LogP contribution < -0.4 is 5.32 Å². The van der Waals surface area contributed by atoms with Crippen molar-refractivity contribution in [2.75, 3.05) is 12.4 Å². The molecule has 2 heterocycles. The molecule has 1 fully saturated rings. The van der Waals surface area contributed by atoms with Crippen LogP contribution in [0.5, 0.6) is 0 Å². The van der Waals surface area contributed by atoms with Crippen molar-refractivity contribution in [3.8, 4) is 0 Å². The fourth-order valence-corrected chi connectivity index (χ4v) is 2.38. The highest BCUT2D eigenvalue weighted by molar-refractivity contribution is 6.01. The Bertz CT molecular complexity index is 609. The van der Waals surface area contributed by atoms with E-state index in [0.717, 1.165) is 4.90 Å². The molecule has 1 saturated heterocycles. The van der Waals surface area contributed by atoms with E-state index in [2.05, 4.69) is 10.4 Å². The molecule has 0 bridgehead atoms. The zero-order valence-corrected chi connectivity index (χ0v) is 12.1. The van der Waals surface area contributed by atoms with Gasteiger partial charge in [-0.05, 0) is 20.3 Å². The van der Waals surface area contributed by atoms with Crippen molar-refractivity contribution < 1.29 is 14.5 Å². The number of nitro groups is 1. The molecule has 9 nitrogen and oxygen atoms in total. The number of carbonyl (C=O) groups excluding carboxylic acids is 2. The second-order valence-electron chi connectivity index (χ2n) is 4.88. The summed E-state index contributed by atoms with van der Waals surface area (Å²) in [6.07, 6.45) is 0.542. The third-order valence-electron chi connectivity index (χ3n) is 3.54. The molecule has 1 N–H and O–H groups in total. The summed E-state index contributed by atoms with van der Waals surface area (Å²) in [4.78, 5) is 35.2. The number of rotatable bonds is 4. The lowest BCUT2D eigenvalue weighted by atomic mass is 10.0. The first-order chi connectivity index (χ1) is 9.86. The lowest BCUT2D eigenvalue weighted by Crippen LogP contribution is -2.48. The predicted molar refractivity (Wildman–Crippen MR) is 73.7 cm³/mol. The Morgan fingerprint density at radius 2 is 2.14 bits per heavy atom. The standard InChI is InChI=1S/C12H17N5O4/c1-4-16-11(10(17(20)21)7(2)14-16)13-8-5-6-9(18)15(3)12(8)19/h8,13H,4-6H2,1-3H3. The van der Waals surface area contributed by atoms with Gasteiger partial charge in [0.25, 0.3) is 5.91 Å². The lowest BCUT2D eigenvalue weighted by Gasteiger charge is -2.28. The van der Waals surface area contributed by atoms with Crippen LogP contribution in [0.1, 0.15) is 25.5 Å². The van der Waals surface area contributed by atoms with Crippen molar-refractivity contribution >= 4 is 23.3 Å². The minimum Gasteiger partial charge on any atom is -0.353 e. The van der Waals surface area contributed by atoms with Crippen LogP contribution in [0.4, 0.5) is 11.5 Å². The number of amides is 2. The Hall–Kier alpha value is -2.45. The first-order valence-electron chi connectivity index (χ1n) is 6.65. The highest BCUT2D eigenvalue weighted by atomic mass is 16.6. The van der Waals surface area contributed by atoms with Gasteiger partial charge in [0.1, 0.15) is 11.7 Å². The number of aryl methyl sites for hydroxylation is 2. The number of nitrogens with one attached hydrogen (secondary N) is 1. The van der Waals surface area contributed by atoms with Crippen LogP contribution >= 0.6 is 0 Å². The maximum atomic E-state index is 12.1. The predicted octanol–water partition coefficient (Wildman–Crippen LogP) is 0.679. The fraction of sp³-hybridized carbons (Fsp3) is 0.583. The van der Waals surface area contributed by atoms with E-state index < -0.39 is 11.0 Å². The number of piperidine rings is 1. The van der Waals surface area contributed by atoms with Gasteiger partial charge in [0.15, 0.2) is 0 Å². The third kappa shape index (κ3) is 2.58. The largest absolute Gasteiger partial charge is 0.353 e. The Morgan fingerprint density at radius 1 is 1.48 bits per heavy atom. The Labute approximate surface area is 121 Å². The van der Waals surface area contributed by atoms with E-state index in [0.29, 0.717) is 13.0 Å². The maximum absolute atomic E-state index is 12.1. The molecule has 9 heteroatoms. The van der Waals surface area contributed by atoms with E-state index in [9.17, 15) is 19.7 Å². The molecule has 0 saturated carbocycles. The first kappa shape index (κ1) is 14.9. The highest BCUT2D eigenvalue weighted by Crippen LogP contribution is 2.30. The Balaban J connectivity index is 2.33. The van der Waals surface area contributed by atoms with Gasteiger partial charge in [0.05, 0.1) is 4.92 Å². The average molecular weight is 295 g/mol. The Kier molecular flexibility index (Phi) is 3.92. The van der Waals surface area contributed by atoms with Crippen LogP contribution in [-0.4, -0.2) is 44.5 Å². The molecule has 1 unspecified atom stereocenters. The highest BCUT2D eigenvalue weighted by Gasteiger charge is 2.35. The maximum Gasteiger partial charge on any atom is 0.333 e. The zero-order valence-electron chi connectivity index (χ0n) is 12.1. The van der Waals surface area contributed by atoms with Crippen LogP contribution in [-0.2, 0) is 16.1 Å². The van der Waals surface area contributed by atoms with Crippen molar-refractivity contribution in [1.82, 2.24) is 14.7 Å². The third-order valence-corrected chi connectivity index (χ3v) is 3.54. The normalized spacial score (nSPS) is 19.0. The van der Waals surface area contributed by atoms with E-state index in [4.69, 9.17) is 0 Å². The summed E-state index contributed by atoms with van der Waals surface area (Å²) in [6.45, 7) is 3.79. The molecule has 1 aromatic heterocycles. The molecule has 1 aliphatic rings. The molecule has 1 aliphatic heterocycles. The number of nitrogens with zero attached hydrogens (tertiary/aromatic N) is 4. The van der Waals surface area contributed by atoms with Gasteiger partial charge in [-0.15, -0.1) is 0 Å². The molecule has 0 radical (unpaired) electrons. The molecular formula is C12H17N5O4. The second kappa shape index (κ2) is 5.51. The molecule has 2 rings (SSSR count). The quantitative estimate of drug-likeness (QED) is 0.497. The molecule has 0 aromatic carbocycles. The summed E-state index contributed by atoms with van der Waals surface area (Å²) in [5.74, 6) is -0.420. The monoisotopic (exact) mass is 295 g/mol. The molecule has 0 spiro atoms. The van der Waals surface area contributed by atoms with Gasteiger partial charge < -0.3 is 5.32 Å². The second-order valence-corrected chi connectivity index (χ2v) is 4.88. The van der Waals surface area contributed by atoms with E-state index >= 15 is 0 Å². The van der Waals surface area contributed by atoms with Gasteiger partial charge in [0, 0.05) is 20.0 Å². The van der Waals surface area contributed by atoms with Crippen molar-refractivity contribution in [1.29, 1.82) is 0 Å². The van der Waals surface area contributed by atoms with Crippen molar-refractivity contribution in [3.63, 3.8) is 0 Å². The summed E-state index contributed by atoms with van der Waals surface area (Å²) in [6, 6.07) is -0.659. The van der Waals surface area contributed by atoms with E-state index in [-0.39, 0.29) is 35.4 Å². The Morgan fingerprint density at radius 3 is 2.71 bits per heavy atom. The van der Waals surface area contributed by atoms with Crippen LogP contribution in [0.3, 0.4) is 0 Å². The molecule has 0 aliphatic carbocycles. The summed E-state index contributed by atoms with van der Waals surface area (Å²) < 4.78 is 1.46. The van der Waals surface area contributed by atoms with Gasteiger partial charge in [-0.3, -0.25) is 24.6 Å². The molecular weight excluding hydrogens is 278 g/mol. The summed E-state index contributed by atoms with van der Waals surface area (Å²) in [5.41, 5.74) is 0.154.